The third-order valence-corrected chi connectivity index (χ3v) is 5.09. The number of benzene rings is 1. The van der Waals surface area contributed by atoms with Crippen LogP contribution in [-0.2, 0) is 6.54 Å². The van der Waals surface area contributed by atoms with E-state index in [2.05, 4.69) is 16.8 Å². The lowest BCUT2D eigenvalue weighted by Crippen LogP contribution is -2.34. The molecule has 1 aliphatic rings. The SMILES string of the molecule is COc1ccc(OC)c2c(=O)c(CN3CCC(C)CC3)c(C)[nH]c12. The lowest BCUT2D eigenvalue weighted by Gasteiger charge is -2.30. The maximum atomic E-state index is 13.2. The third kappa shape index (κ3) is 3.00. The second-order valence-electron chi connectivity index (χ2n) is 6.74. The zero-order valence-corrected chi connectivity index (χ0v) is 14.9. The highest BCUT2D eigenvalue weighted by molar-refractivity contribution is 5.90. The summed E-state index contributed by atoms with van der Waals surface area (Å²) in [4.78, 5) is 18.9. The number of rotatable bonds is 4. The number of likely N-dealkylation sites (tertiary alicyclic amines) is 1. The van der Waals surface area contributed by atoms with Gasteiger partial charge in [0.15, 0.2) is 5.43 Å². The molecule has 2 heterocycles. The van der Waals surface area contributed by atoms with Gasteiger partial charge < -0.3 is 14.5 Å². The maximum Gasteiger partial charge on any atom is 0.198 e. The molecule has 1 saturated heterocycles. The number of H-pyrrole nitrogens is 1. The van der Waals surface area contributed by atoms with Crippen molar-refractivity contribution in [3.05, 3.63) is 33.6 Å². The molecule has 0 bridgehead atoms. The van der Waals surface area contributed by atoms with Crippen molar-refractivity contribution in [2.75, 3.05) is 27.3 Å². The van der Waals surface area contributed by atoms with Gasteiger partial charge in [-0.05, 0) is 50.9 Å². The Bertz CT molecular complexity index is 789. The quantitative estimate of drug-likeness (QED) is 0.936. The molecular weight excluding hydrogens is 304 g/mol. The first kappa shape index (κ1) is 16.8. The summed E-state index contributed by atoms with van der Waals surface area (Å²) in [6.45, 7) is 7.04. The second kappa shape index (κ2) is 6.85. The van der Waals surface area contributed by atoms with Crippen molar-refractivity contribution in [2.24, 2.45) is 5.92 Å². The van der Waals surface area contributed by atoms with Crippen LogP contribution in [-0.4, -0.2) is 37.2 Å². The van der Waals surface area contributed by atoms with Crippen LogP contribution in [0.4, 0.5) is 0 Å². The second-order valence-corrected chi connectivity index (χ2v) is 6.74. The number of nitrogens with one attached hydrogen (secondary N) is 1. The molecule has 0 spiro atoms. The van der Waals surface area contributed by atoms with Gasteiger partial charge in [-0.1, -0.05) is 6.92 Å². The Hall–Kier alpha value is -2.01. The van der Waals surface area contributed by atoms with E-state index in [0.29, 0.717) is 28.9 Å². The van der Waals surface area contributed by atoms with Gasteiger partial charge in [0.25, 0.3) is 0 Å². The van der Waals surface area contributed by atoms with Gasteiger partial charge in [0, 0.05) is 17.8 Å². The van der Waals surface area contributed by atoms with Crippen LogP contribution in [0.2, 0.25) is 0 Å². The average Bonchev–Trinajstić information content (AvgIpc) is 2.59. The molecule has 0 atom stereocenters. The number of aromatic amines is 1. The summed E-state index contributed by atoms with van der Waals surface area (Å²) in [5.74, 6) is 2.02. The van der Waals surface area contributed by atoms with Gasteiger partial charge in [0.1, 0.15) is 11.5 Å². The standard InChI is InChI=1S/C19H26N2O3/c1-12-7-9-21(10-8-12)11-14-13(2)20-18-16(24-4)6-5-15(23-3)17(18)19(14)22/h5-6,12H,7-11H2,1-4H3,(H,20,22). The van der Waals surface area contributed by atoms with E-state index in [4.69, 9.17) is 9.47 Å². The minimum absolute atomic E-state index is 0.0376. The normalized spacial score (nSPS) is 16.5. The van der Waals surface area contributed by atoms with Crippen LogP contribution in [0, 0.1) is 12.8 Å². The van der Waals surface area contributed by atoms with Crippen molar-refractivity contribution in [1.82, 2.24) is 9.88 Å². The van der Waals surface area contributed by atoms with E-state index < -0.39 is 0 Å². The molecule has 0 saturated carbocycles. The zero-order valence-electron chi connectivity index (χ0n) is 14.9. The van der Waals surface area contributed by atoms with Crippen LogP contribution in [0.25, 0.3) is 10.9 Å². The number of hydrogen-bond acceptors (Lipinski definition) is 4. The topological polar surface area (TPSA) is 54.6 Å². The van der Waals surface area contributed by atoms with Crippen LogP contribution in [0.5, 0.6) is 11.5 Å². The predicted molar refractivity (Wildman–Crippen MR) is 96.1 cm³/mol. The lowest BCUT2D eigenvalue weighted by atomic mass is 9.98. The first-order chi connectivity index (χ1) is 11.5. The first-order valence-electron chi connectivity index (χ1n) is 8.54. The summed E-state index contributed by atoms with van der Waals surface area (Å²) in [6, 6.07) is 3.61. The molecule has 1 N–H and O–H groups in total. The van der Waals surface area contributed by atoms with E-state index in [1.807, 2.05) is 13.0 Å². The largest absolute Gasteiger partial charge is 0.496 e. The first-order valence-corrected chi connectivity index (χ1v) is 8.54. The predicted octanol–water partition coefficient (Wildman–Crippen LogP) is 3.09. The lowest BCUT2D eigenvalue weighted by molar-refractivity contribution is 0.184. The summed E-state index contributed by atoms with van der Waals surface area (Å²) in [5, 5.41) is 0.572. The van der Waals surface area contributed by atoms with Gasteiger partial charge in [-0.25, -0.2) is 0 Å². The van der Waals surface area contributed by atoms with E-state index in [1.54, 1.807) is 20.3 Å². The van der Waals surface area contributed by atoms with Crippen molar-refractivity contribution >= 4 is 10.9 Å². The molecular formula is C19H26N2O3. The number of hydrogen-bond donors (Lipinski definition) is 1. The molecule has 5 nitrogen and oxygen atoms in total. The highest BCUT2D eigenvalue weighted by atomic mass is 16.5. The number of methoxy groups -OCH3 is 2. The van der Waals surface area contributed by atoms with Gasteiger partial charge in [0.05, 0.1) is 25.1 Å². The fraction of sp³-hybridized carbons (Fsp3) is 0.526. The molecule has 1 fully saturated rings. The molecule has 24 heavy (non-hydrogen) atoms. The Morgan fingerprint density at radius 1 is 1.17 bits per heavy atom. The molecule has 3 rings (SSSR count). The van der Waals surface area contributed by atoms with Crippen molar-refractivity contribution < 1.29 is 9.47 Å². The van der Waals surface area contributed by atoms with Gasteiger partial charge in [-0.2, -0.15) is 0 Å². The van der Waals surface area contributed by atoms with E-state index in [0.717, 1.165) is 30.3 Å². The van der Waals surface area contributed by atoms with Crippen LogP contribution in [0.1, 0.15) is 31.0 Å². The van der Waals surface area contributed by atoms with Crippen molar-refractivity contribution in [3.63, 3.8) is 0 Å². The monoisotopic (exact) mass is 330 g/mol. The number of nitrogens with zero attached hydrogens (tertiary/aromatic N) is 1. The molecule has 1 aromatic heterocycles. The van der Waals surface area contributed by atoms with E-state index in [9.17, 15) is 4.79 Å². The number of pyridine rings is 1. The Morgan fingerprint density at radius 2 is 1.79 bits per heavy atom. The van der Waals surface area contributed by atoms with Gasteiger partial charge >= 0.3 is 0 Å². The van der Waals surface area contributed by atoms with E-state index in [-0.39, 0.29) is 5.43 Å². The molecule has 130 valence electrons. The van der Waals surface area contributed by atoms with Gasteiger partial charge in [-0.3, -0.25) is 9.69 Å². The molecule has 2 aromatic rings. The zero-order chi connectivity index (χ0) is 17.3. The van der Waals surface area contributed by atoms with Crippen molar-refractivity contribution in [1.29, 1.82) is 0 Å². The average molecular weight is 330 g/mol. The Balaban J connectivity index is 2.07. The summed E-state index contributed by atoms with van der Waals surface area (Å²) < 4.78 is 10.8. The highest BCUT2D eigenvalue weighted by Gasteiger charge is 2.21. The molecule has 5 heteroatoms. The number of ether oxygens (including phenoxy) is 2. The van der Waals surface area contributed by atoms with Crippen LogP contribution in [0.15, 0.2) is 16.9 Å². The Labute approximate surface area is 142 Å². The van der Waals surface area contributed by atoms with E-state index >= 15 is 0 Å². The highest BCUT2D eigenvalue weighted by Crippen LogP contribution is 2.30. The van der Waals surface area contributed by atoms with E-state index in [1.165, 1.54) is 12.8 Å². The maximum absolute atomic E-state index is 13.2. The molecule has 1 aliphatic heterocycles. The summed E-state index contributed by atoms with van der Waals surface area (Å²) in [6.07, 6.45) is 2.39. The minimum atomic E-state index is 0.0376. The fourth-order valence-corrected chi connectivity index (χ4v) is 3.47. The van der Waals surface area contributed by atoms with Gasteiger partial charge in [0.2, 0.25) is 0 Å². The number of piperidine rings is 1. The van der Waals surface area contributed by atoms with Crippen molar-refractivity contribution in [3.8, 4) is 11.5 Å². The summed E-state index contributed by atoms with van der Waals surface area (Å²) >= 11 is 0. The minimum Gasteiger partial charge on any atom is -0.496 e. The fourth-order valence-electron chi connectivity index (χ4n) is 3.47. The smallest absolute Gasteiger partial charge is 0.198 e. The summed E-state index contributed by atoms with van der Waals surface area (Å²) in [7, 11) is 3.20. The Kier molecular flexibility index (Phi) is 4.81. The number of fused-ring (bicyclic) bond motifs is 1. The van der Waals surface area contributed by atoms with Gasteiger partial charge in [-0.15, -0.1) is 0 Å². The molecule has 1 aromatic carbocycles. The van der Waals surface area contributed by atoms with Crippen LogP contribution >= 0.6 is 0 Å². The van der Waals surface area contributed by atoms with Crippen LogP contribution in [0.3, 0.4) is 0 Å². The Morgan fingerprint density at radius 3 is 2.42 bits per heavy atom. The van der Waals surface area contributed by atoms with Crippen molar-refractivity contribution in [2.45, 2.75) is 33.2 Å². The number of aryl methyl sites for hydroxylation is 1. The molecule has 0 aliphatic carbocycles. The summed E-state index contributed by atoms with van der Waals surface area (Å²) in [5.41, 5.74) is 2.47. The molecule has 0 radical (unpaired) electrons. The molecule has 0 amide bonds. The molecule has 0 unspecified atom stereocenters. The third-order valence-electron chi connectivity index (χ3n) is 5.09. The number of aromatic nitrogens is 1. The van der Waals surface area contributed by atoms with Crippen LogP contribution < -0.4 is 14.9 Å².